The van der Waals surface area contributed by atoms with Crippen molar-refractivity contribution in [2.75, 3.05) is 32.7 Å². The van der Waals surface area contributed by atoms with Crippen molar-refractivity contribution in [1.82, 2.24) is 14.7 Å². The minimum atomic E-state index is -0.286. The molecule has 0 saturated carbocycles. The van der Waals surface area contributed by atoms with E-state index in [1.165, 1.54) is 0 Å². The molecule has 0 bridgehead atoms. The van der Waals surface area contributed by atoms with Gasteiger partial charge in [0.2, 0.25) is 5.91 Å². The van der Waals surface area contributed by atoms with E-state index in [1.54, 1.807) is 13.0 Å². The number of likely N-dealkylation sites (tertiary alicyclic amines) is 1. The van der Waals surface area contributed by atoms with Crippen molar-refractivity contribution in [3.05, 3.63) is 29.8 Å². The number of carbonyl (C=O) groups excluding carboxylic acids is 1. The van der Waals surface area contributed by atoms with Gasteiger partial charge in [-0.2, -0.15) is 0 Å². The van der Waals surface area contributed by atoms with E-state index in [2.05, 4.69) is 9.80 Å². The summed E-state index contributed by atoms with van der Waals surface area (Å²) in [5.41, 5.74) is 0.890. The summed E-state index contributed by atoms with van der Waals surface area (Å²) in [5, 5.41) is 20.0. The fourth-order valence-electron chi connectivity index (χ4n) is 4.72. The number of fused-ring (bicyclic) bond motifs is 2. The van der Waals surface area contributed by atoms with Gasteiger partial charge in [0.05, 0.1) is 11.6 Å². The minimum absolute atomic E-state index is 0.0452. The summed E-state index contributed by atoms with van der Waals surface area (Å²) in [4.78, 5) is 18.6. The molecule has 130 valence electrons. The molecule has 4 rings (SSSR count). The number of aliphatic hydroxyl groups is 1. The van der Waals surface area contributed by atoms with Crippen LogP contribution in [0, 0.1) is 0 Å². The van der Waals surface area contributed by atoms with Crippen molar-refractivity contribution >= 4 is 5.91 Å². The molecule has 3 aliphatic rings. The van der Waals surface area contributed by atoms with E-state index in [0.29, 0.717) is 12.3 Å². The molecule has 1 spiro atoms. The topological polar surface area (TPSA) is 67.3 Å². The van der Waals surface area contributed by atoms with Gasteiger partial charge < -0.3 is 15.1 Å². The molecule has 2 atom stereocenters. The maximum atomic E-state index is 11.9. The lowest BCUT2D eigenvalue weighted by atomic mass is 9.83. The molecule has 2 N–H and O–H groups in total. The zero-order valence-electron chi connectivity index (χ0n) is 14.1. The molecule has 1 aromatic carbocycles. The Bertz CT molecular complexity index is 644. The number of amides is 1. The Hall–Kier alpha value is -1.63. The zero-order chi connectivity index (χ0) is 16.9. The Morgan fingerprint density at radius 2 is 2.00 bits per heavy atom. The number of para-hydroxylation sites is 1. The van der Waals surface area contributed by atoms with Gasteiger partial charge in [-0.25, -0.2) is 0 Å². The van der Waals surface area contributed by atoms with E-state index in [-0.39, 0.29) is 23.6 Å². The second kappa shape index (κ2) is 5.72. The molecular formula is C18H25N3O3. The number of rotatable bonds is 2. The molecule has 3 aliphatic heterocycles. The second-order valence-corrected chi connectivity index (χ2v) is 7.59. The first-order chi connectivity index (χ1) is 11.5. The fourth-order valence-corrected chi connectivity index (χ4v) is 4.72. The van der Waals surface area contributed by atoms with Crippen LogP contribution in [0.5, 0.6) is 5.75 Å². The highest BCUT2D eigenvalue weighted by Crippen LogP contribution is 2.39. The van der Waals surface area contributed by atoms with Crippen LogP contribution in [0.3, 0.4) is 0 Å². The number of phenolic OH excluding ortho intramolecular Hbond substituents is 1. The number of β-amino-alcohol motifs (C(OH)–C–C–N with tert-alkyl or cyclic N) is 1. The Morgan fingerprint density at radius 3 is 2.71 bits per heavy atom. The Labute approximate surface area is 142 Å². The smallest absolute Gasteiger partial charge is 0.219 e. The number of piperazine rings is 1. The minimum Gasteiger partial charge on any atom is -0.508 e. The Morgan fingerprint density at radius 1 is 1.25 bits per heavy atom. The monoisotopic (exact) mass is 331 g/mol. The van der Waals surface area contributed by atoms with Crippen molar-refractivity contribution in [3.63, 3.8) is 0 Å². The van der Waals surface area contributed by atoms with E-state index in [4.69, 9.17) is 0 Å². The van der Waals surface area contributed by atoms with Crippen molar-refractivity contribution in [2.24, 2.45) is 0 Å². The second-order valence-electron chi connectivity index (χ2n) is 7.59. The van der Waals surface area contributed by atoms with Crippen LogP contribution >= 0.6 is 0 Å². The van der Waals surface area contributed by atoms with Gasteiger partial charge in [0, 0.05) is 57.8 Å². The van der Waals surface area contributed by atoms with Gasteiger partial charge in [0.15, 0.2) is 0 Å². The molecule has 1 aromatic rings. The third-order valence-corrected chi connectivity index (χ3v) is 5.78. The summed E-state index contributed by atoms with van der Waals surface area (Å²) in [5.74, 6) is 0.455. The van der Waals surface area contributed by atoms with Gasteiger partial charge in [-0.3, -0.25) is 14.6 Å². The molecule has 24 heavy (non-hydrogen) atoms. The van der Waals surface area contributed by atoms with Gasteiger partial charge in [-0.15, -0.1) is 0 Å². The third-order valence-electron chi connectivity index (χ3n) is 5.78. The highest BCUT2D eigenvalue weighted by Gasteiger charge is 2.56. The van der Waals surface area contributed by atoms with Crippen LogP contribution in [-0.4, -0.2) is 81.2 Å². The lowest BCUT2D eigenvalue weighted by Crippen LogP contribution is -2.78. The van der Waals surface area contributed by atoms with Crippen molar-refractivity contribution in [3.8, 4) is 5.75 Å². The number of phenols is 1. The molecule has 3 fully saturated rings. The number of benzene rings is 1. The molecule has 0 aliphatic carbocycles. The first-order valence-electron chi connectivity index (χ1n) is 8.66. The summed E-state index contributed by atoms with van der Waals surface area (Å²) < 4.78 is 0. The third kappa shape index (κ3) is 2.59. The Balaban J connectivity index is 1.48. The largest absolute Gasteiger partial charge is 0.508 e. The Kier molecular flexibility index (Phi) is 3.78. The fraction of sp³-hybridized carbons (Fsp3) is 0.611. The molecule has 0 unspecified atom stereocenters. The van der Waals surface area contributed by atoms with Crippen LogP contribution < -0.4 is 0 Å². The van der Waals surface area contributed by atoms with E-state index >= 15 is 0 Å². The summed E-state index contributed by atoms with van der Waals surface area (Å²) in [6, 6.07) is 7.71. The van der Waals surface area contributed by atoms with E-state index in [0.717, 1.165) is 44.7 Å². The molecule has 6 nitrogen and oxygen atoms in total. The van der Waals surface area contributed by atoms with Crippen LogP contribution in [0.1, 0.15) is 18.9 Å². The highest BCUT2D eigenvalue weighted by molar-refractivity contribution is 5.73. The van der Waals surface area contributed by atoms with Crippen LogP contribution in [0.4, 0.5) is 0 Å². The number of nitrogens with zero attached hydrogens (tertiary/aromatic N) is 3. The van der Waals surface area contributed by atoms with Crippen molar-refractivity contribution < 1.29 is 15.0 Å². The SMILES string of the molecule is CC(=O)N1C[C@H]2C[C@@H](O)CN2C2(CN(Cc3ccccc3O)C2)C1. The lowest BCUT2D eigenvalue weighted by Gasteiger charge is -2.61. The van der Waals surface area contributed by atoms with E-state index < -0.39 is 0 Å². The molecule has 0 aromatic heterocycles. The predicted molar refractivity (Wildman–Crippen MR) is 89.5 cm³/mol. The van der Waals surface area contributed by atoms with Gasteiger partial charge in [-0.05, 0) is 12.5 Å². The quantitative estimate of drug-likeness (QED) is 0.813. The number of hydrogen-bond acceptors (Lipinski definition) is 5. The van der Waals surface area contributed by atoms with Crippen molar-refractivity contribution in [1.29, 1.82) is 0 Å². The van der Waals surface area contributed by atoms with Crippen LogP contribution in [0.2, 0.25) is 0 Å². The summed E-state index contributed by atoms with van der Waals surface area (Å²) in [7, 11) is 0. The number of hydrogen-bond donors (Lipinski definition) is 2. The first-order valence-corrected chi connectivity index (χ1v) is 8.66. The van der Waals surface area contributed by atoms with Crippen LogP contribution in [-0.2, 0) is 11.3 Å². The lowest BCUT2D eigenvalue weighted by molar-refractivity contribution is -0.149. The van der Waals surface area contributed by atoms with Gasteiger partial charge in [-0.1, -0.05) is 18.2 Å². The van der Waals surface area contributed by atoms with Crippen LogP contribution in [0.15, 0.2) is 24.3 Å². The van der Waals surface area contributed by atoms with E-state index in [1.807, 2.05) is 23.1 Å². The maximum Gasteiger partial charge on any atom is 0.219 e. The van der Waals surface area contributed by atoms with Crippen molar-refractivity contribution in [2.45, 2.75) is 37.6 Å². The number of aliphatic hydroxyl groups excluding tert-OH is 1. The van der Waals surface area contributed by atoms with Gasteiger partial charge in [0.1, 0.15) is 5.75 Å². The summed E-state index contributed by atoms with van der Waals surface area (Å²) in [6.45, 7) is 6.27. The number of carbonyl (C=O) groups is 1. The molecule has 1 amide bonds. The molecule has 3 heterocycles. The van der Waals surface area contributed by atoms with E-state index in [9.17, 15) is 15.0 Å². The first kappa shape index (κ1) is 15.9. The molecule has 0 radical (unpaired) electrons. The standard InChI is InChI=1S/C18H25N3O3/c1-13(22)20-8-15-6-16(23)9-21(15)18(12-20)10-19(11-18)7-14-4-2-3-5-17(14)24/h2-5,15-16,23-24H,6-12H2,1H3/t15-,16-/m1/s1. The average Bonchev–Trinajstić information content (AvgIpc) is 2.88. The highest BCUT2D eigenvalue weighted by atomic mass is 16.3. The van der Waals surface area contributed by atoms with Gasteiger partial charge >= 0.3 is 0 Å². The average molecular weight is 331 g/mol. The van der Waals surface area contributed by atoms with Gasteiger partial charge in [0.25, 0.3) is 0 Å². The van der Waals surface area contributed by atoms with Crippen LogP contribution in [0.25, 0.3) is 0 Å². The molecule has 6 heteroatoms. The molecular weight excluding hydrogens is 306 g/mol. The number of aromatic hydroxyl groups is 1. The predicted octanol–water partition coefficient (Wildman–Crippen LogP) is 0.244. The normalized spacial score (nSPS) is 29.5. The summed E-state index contributed by atoms with van der Waals surface area (Å²) in [6.07, 6.45) is 0.469. The molecule has 3 saturated heterocycles. The zero-order valence-corrected chi connectivity index (χ0v) is 14.1. The summed E-state index contributed by atoms with van der Waals surface area (Å²) >= 11 is 0. The maximum absolute atomic E-state index is 11.9.